The van der Waals surface area contributed by atoms with Crippen molar-refractivity contribution >= 4 is 11.9 Å². The molecule has 1 fully saturated rings. The summed E-state index contributed by atoms with van der Waals surface area (Å²) < 4.78 is 49.6. The van der Waals surface area contributed by atoms with Crippen LogP contribution in [0.3, 0.4) is 0 Å². The Bertz CT molecular complexity index is 622. The van der Waals surface area contributed by atoms with E-state index < -0.39 is 30.7 Å². The lowest BCUT2D eigenvalue weighted by Gasteiger charge is -2.24. The number of halogens is 4. The largest absolute Gasteiger partial charge is 0.405 e. The monoisotopic (exact) mass is 361 g/mol. The molecular formula is C16H19F4N3O2. The molecule has 0 saturated carbocycles. The number of likely N-dealkylation sites (tertiary alicyclic amines) is 1. The molecule has 1 aromatic carbocycles. The zero-order valence-electron chi connectivity index (χ0n) is 13.4. The van der Waals surface area contributed by atoms with Gasteiger partial charge in [0.1, 0.15) is 18.4 Å². The maximum atomic E-state index is 13.1. The number of nitrogens with zero attached hydrogens (tertiary/aromatic N) is 1. The van der Waals surface area contributed by atoms with Crippen LogP contribution in [0.4, 0.5) is 22.4 Å². The third-order valence-electron chi connectivity index (χ3n) is 3.86. The van der Waals surface area contributed by atoms with Crippen LogP contribution in [-0.4, -0.2) is 48.7 Å². The molecule has 0 spiro atoms. The van der Waals surface area contributed by atoms with Gasteiger partial charge < -0.3 is 15.5 Å². The van der Waals surface area contributed by atoms with E-state index in [4.69, 9.17) is 0 Å². The minimum atomic E-state index is -4.49. The summed E-state index contributed by atoms with van der Waals surface area (Å²) in [5.41, 5.74) is 0.709. The van der Waals surface area contributed by atoms with E-state index in [0.29, 0.717) is 31.4 Å². The van der Waals surface area contributed by atoms with Crippen molar-refractivity contribution in [2.75, 3.05) is 19.6 Å². The molecule has 1 atom stereocenters. The van der Waals surface area contributed by atoms with Gasteiger partial charge in [-0.05, 0) is 37.0 Å². The summed E-state index contributed by atoms with van der Waals surface area (Å²) in [6.07, 6.45) is -3.23. The molecule has 0 aliphatic carbocycles. The van der Waals surface area contributed by atoms with E-state index in [9.17, 15) is 27.2 Å². The van der Waals surface area contributed by atoms with E-state index in [0.717, 1.165) is 0 Å². The van der Waals surface area contributed by atoms with Crippen molar-refractivity contribution in [2.24, 2.45) is 0 Å². The molecule has 1 aliphatic rings. The molecule has 2 rings (SSSR count). The van der Waals surface area contributed by atoms with Crippen molar-refractivity contribution in [2.45, 2.75) is 31.5 Å². The Balaban J connectivity index is 1.82. The molecule has 25 heavy (non-hydrogen) atoms. The first-order valence-corrected chi connectivity index (χ1v) is 7.89. The van der Waals surface area contributed by atoms with Gasteiger partial charge in [0.05, 0.1) is 0 Å². The van der Waals surface area contributed by atoms with E-state index in [-0.39, 0.29) is 12.4 Å². The van der Waals surface area contributed by atoms with Gasteiger partial charge in [-0.15, -0.1) is 0 Å². The molecule has 9 heteroatoms. The van der Waals surface area contributed by atoms with E-state index in [1.54, 1.807) is 12.1 Å². The zero-order chi connectivity index (χ0) is 18.4. The van der Waals surface area contributed by atoms with Gasteiger partial charge in [-0.25, -0.2) is 9.18 Å². The van der Waals surface area contributed by atoms with E-state index >= 15 is 0 Å². The smallest absolute Gasteiger partial charge is 0.345 e. The maximum Gasteiger partial charge on any atom is 0.405 e. The van der Waals surface area contributed by atoms with Crippen LogP contribution in [0.25, 0.3) is 0 Å². The van der Waals surface area contributed by atoms with Gasteiger partial charge in [0.25, 0.3) is 0 Å². The molecule has 138 valence electrons. The van der Waals surface area contributed by atoms with Crippen molar-refractivity contribution in [3.8, 4) is 0 Å². The van der Waals surface area contributed by atoms with Gasteiger partial charge >= 0.3 is 12.2 Å². The normalized spacial score (nSPS) is 17.4. The third-order valence-corrected chi connectivity index (χ3v) is 3.86. The highest BCUT2D eigenvalue weighted by atomic mass is 19.4. The van der Waals surface area contributed by atoms with E-state index in [2.05, 4.69) is 5.32 Å². The number of benzene rings is 1. The highest BCUT2D eigenvalue weighted by Crippen LogP contribution is 2.18. The first-order valence-electron chi connectivity index (χ1n) is 7.89. The number of urea groups is 1. The number of carbonyl (C=O) groups is 2. The van der Waals surface area contributed by atoms with Gasteiger partial charge in [0, 0.05) is 13.1 Å². The summed E-state index contributed by atoms with van der Waals surface area (Å²) in [7, 11) is 0. The fourth-order valence-electron chi connectivity index (χ4n) is 2.70. The molecule has 1 saturated heterocycles. The Kier molecular flexibility index (Phi) is 6.22. The molecule has 5 nitrogen and oxygen atoms in total. The molecule has 1 heterocycles. The number of rotatable bonds is 5. The van der Waals surface area contributed by atoms with Crippen molar-refractivity contribution < 1.29 is 27.2 Å². The van der Waals surface area contributed by atoms with Gasteiger partial charge in [-0.2, -0.15) is 13.2 Å². The first-order chi connectivity index (χ1) is 11.8. The van der Waals surface area contributed by atoms with Crippen molar-refractivity contribution in [1.82, 2.24) is 15.5 Å². The average molecular weight is 361 g/mol. The Labute approximate surface area is 142 Å². The molecule has 2 N–H and O–H groups in total. The minimum Gasteiger partial charge on any atom is -0.345 e. The number of alkyl halides is 3. The molecule has 1 aromatic rings. The standard InChI is InChI=1S/C16H19F4N3O2/c17-12-4-1-3-11(9-12)6-7-21-15(25)23-8-2-5-13(23)14(24)22-10-16(18,19)20/h1,3-4,9,13H,2,5-8,10H2,(H,21,25)(H,22,24). The van der Waals surface area contributed by atoms with Crippen LogP contribution in [0, 0.1) is 5.82 Å². The molecule has 1 aliphatic heterocycles. The summed E-state index contributed by atoms with van der Waals surface area (Å²) in [5, 5.41) is 4.42. The summed E-state index contributed by atoms with van der Waals surface area (Å²) in [5.74, 6) is -1.18. The predicted octanol–water partition coefficient (Wildman–Crippen LogP) is 2.22. The number of nitrogens with one attached hydrogen (secondary N) is 2. The minimum absolute atomic E-state index is 0.232. The lowest BCUT2D eigenvalue weighted by atomic mass is 10.1. The Morgan fingerprint density at radius 2 is 2.00 bits per heavy atom. The van der Waals surface area contributed by atoms with Crippen molar-refractivity contribution in [3.05, 3.63) is 35.6 Å². The second kappa shape index (κ2) is 8.17. The first kappa shape index (κ1) is 19.0. The fraction of sp³-hybridized carbons (Fsp3) is 0.500. The SMILES string of the molecule is O=C(NCC(F)(F)F)C1CCCN1C(=O)NCCc1cccc(F)c1. The van der Waals surface area contributed by atoms with Crippen molar-refractivity contribution in [3.63, 3.8) is 0 Å². The Hall–Kier alpha value is -2.32. The highest BCUT2D eigenvalue weighted by molar-refractivity contribution is 5.87. The quantitative estimate of drug-likeness (QED) is 0.790. The van der Waals surface area contributed by atoms with Gasteiger partial charge in [0.15, 0.2) is 0 Å². The number of hydrogen-bond acceptors (Lipinski definition) is 2. The average Bonchev–Trinajstić information content (AvgIpc) is 3.01. The Morgan fingerprint density at radius 3 is 2.68 bits per heavy atom. The van der Waals surface area contributed by atoms with Crippen LogP contribution >= 0.6 is 0 Å². The fourth-order valence-corrected chi connectivity index (χ4v) is 2.70. The molecule has 0 aromatic heterocycles. The zero-order valence-corrected chi connectivity index (χ0v) is 13.4. The molecule has 0 radical (unpaired) electrons. The second-order valence-corrected chi connectivity index (χ2v) is 5.80. The summed E-state index contributed by atoms with van der Waals surface area (Å²) >= 11 is 0. The maximum absolute atomic E-state index is 13.1. The molecule has 3 amide bonds. The molecule has 0 bridgehead atoms. The molecule has 1 unspecified atom stereocenters. The summed E-state index contributed by atoms with van der Waals surface area (Å²) in [4.78, 5) is 25.3. The van der Waals surface area contributed by atoms with Crippen LogP contribution in [0.5, 0.6) is 0 Å². The Morgan fingerprint density at radius 1 is 1.24 bits per heavy atom. The summed E-state index contributed by atoms with van der Waals surface area (Å²) in [6, 6.07) is 4.54. The topological polar surface area (TPSA) is 61.4 Å². The van der Waals surface area contributed by atoms with Gasteiger partial charge in [0.2, 0.25) is 5.91 Å². The number of hydrogen-bond donors (Lipinski definition) is 2. The van der Waals surface area contributed by atoms with Crippen molar-refractivity contribution in [1.29, 1.82) is 0 Å². The number of amides is 3. The van der Waals surface area contributed by atoms with Crippen LogP contribution in [0.1, 0.15) is 18.4 Å². The van der Waals surface area contributed by atoms with Gasteiger partial charge in [-0.3, -0.25) is 4.79 Å². The van der Waals surface area contributed by atoms with E-state index in [1.807, 2.05) is 5.32 Å². The third kappa shape index (κ3) is 5.91. The lowest BCUT2D eigenvalue weighted by molar-refractivity contribution is -0.140. The van der Waals surface area contributed by atoms with Gasteiger partial charge in [-0.1, -0.05) is 12.1 Å². The summed E-state index contributed by atoms with van der Waals surface area (Å²) in [6.45, 7) is -0.886. The van der Waals surface area contributed by atoms with Crippen LogP contribution in [0.15, 0.2) is 24.3 Å². The lowest BCUT2D eigenvalue weighted by Crippen LogP contribution is -2.51. The highest BCUT2D eigenvalue weighted by Gasteiger charge is 2.36. The second-order valence-electron chi connectivity index (χ2n) is 5.80. The van der Waals surface area contributed by atoms with Crippen LogP contribution < -0.4 is 10.6 Å². The van der Waals surface area contributed by atoms with E-state index in [1.165, 1.54) is 17.0 Å². The number of carbonyl (C=O) groups excluding carboxylic acids is 2. The predicted molar refractivity (Wildman–Crippen MR) is 82.3 cm³/mol. The van der Waals surface area contributed by atoms with Crippen LogP contribution in [0.2, 0.25) is 0 Å². The molecular weight excluding hydrogens is 342 g/mol. The van der Waals surface area contributed by atoms with Crippen LogP contribution in [-0.2, 0) is 11.2 Å².